The molecule has 0 fully saturated rings. The maximum absolute atomic E-state index is 12.5. The van der Waals surface area contributed by atoms with E-state index in [0.717, 1.165) is 5.56 Å². The van der Waals surface area contributed by atoms with E-state index in [1.807, 2.05) is 6.07 Å². The average molecular weight is 286 g/mol. The van der Waals surface area contributed by atoms with Gasteiger partial charge in [-0.05, 0) is 35.9 Å². The summed E-state index contributed by atoms with van der Waals surface area (Å²) in [6, 6.07) is 11.8. The quantitative estimate of drug-likeness (QED) is 0.845. The number of amides is 1. The van der Waals surface area contributed by atoms with E-state index in [1.165, 1.54) is 7.11 Å². The molecule has 2 aromatic carbocycles. The maximum atomic E-state index is 12.5. The van der Waals surface area contributed by atoms with E-state index in [9.17, 15) is 9.90 Å². The number of nitrogens with zero attached hydrogens (tertiary/aromatic N) is 1. The van der Waals surface area contributed by atoms with E-state index in [1.54, 1.807) is 48.3 Å². The molecule has 0 heterocycles. The van der Waals surface area contributed by atoms with E-state index >= 15 is 0 Å². The molecule has 0 unspecified atom stereocenters. The lowest BCUT2D eigenvalue weighted by Crippen LogP contribution is -2.26. The number of benzene rings is 2. The maximum Gasteiger partial charge on any atom is 0.257 e. The highest BCUT2D eigenvalue weighted by atomic mass is 16.5. The van der Waals surface area contributed by atoms with Crippen molar-refractivity contribution in [1.82, 2.24) is 4.90 Å². The number of hydrogen-bond donors (Lipinski definition) is 2. The van der Waals surface area contributed by atoms with E-state index in [-0.39, 0.29) is 11.7 Å². The lowest BCUT2D eigenvalue weighted by molar-refractivity contribution is 0.0781. The summed E-state index contributed by atoms with van der Waals surface area (Å²) < 4.78 is 5.20. The van der Waals surface area contributed by atoms with Crippen LogP contribution in [-0.2, 0) is 6.54 Å². The van der Waals surface area contributed by atoms with Crippen LogP contribution >= 0.6 is 0 Å². The second-order valence-corrected chi connectivity index (χ2v) is 4.79. The second kappa shape index (κ2) is 6.17. The fourth-order valence-corrected chi connectivity index (χ4v) is 2.10. The van der Waals surface area contributed by atoms with Gasteiger partial charge in [0.2, 0.25) is 0 Å². The molecule has 0 bridgehead atoms. The number of phenols is 1. The van der Waals surface area contributed by atoms with Gasteiger partial charge in [-0.3, -0.25) is 4.79 Å². The molecule has 0 aliphatic rings. The zero-order valence-electron chi connectivity index (χ0n) is 12.0. The molecule has 5 heteroatoms. The van der Waals surface area contributed by atoms with Crippen molar-refractivity contribution in [2.24, 2.45) is 0 Å². The van der Waals surface area contributed by atoms with E-state index < -0.39 is 0 Å². The molecule has 0 aliphatic heterocycles. The van der Waals surface area contributed by atoms with Crippen LogP contribution in [0.2, 0.25) is 0 Å². The van der Waals surface area contributed by atoms with Crippen LogP contribution in [0.1, 0.15) is 15.9 Å². The SMILES string of the molecule is COc1ccc(N)cc1C(=O)N(C)Cc1cccc(O)c1. The van der Waals surface area contributed by atoms with Gasteiger partial charge in [0.1, 0.15) is 11.5 Å². The molecule has 2 aromatic rings. The Balaban J connectivity index is 2.21. The minimum absolute atomic E-state index is 0.176. The number of rotatable bonds is 4. The molecule has 110 valence electrons. The third-order valence-electron chi connectivity index (χ3n) is 3.13. The lowest BCUT2D eigenvalue weighted by atomic mass is 10.1. The number of anilines is 1. The Bertz CT molecular complexity index is 656. The highest BCUT2D eigenvalue weighted by molar-refractivity contribution is 5.97. The molecule has 0 aromatic heterocycles. The summed E-state index contributed by atoms with van der Waals surface area (Å²) in [7, 11) is 3.20. The van der Waals surface area contributed by atoms with Crippen molar-refractivity contribution in [3.05, 3.63) is 53.6 Å². The van der Waals surface area contributed by atoms with Crippen LogP contribution in [-0.4, -0.2) is 30.1 Å². The molecule has 0 radical (unpaired) electrons. The average Bonchev–Trinajstić information content (AvgIpc) is 2.46. The van der Waals surface area contributed by atoms with Crippen molar-refractivity contribution < 1.29 is 14.6 Å². The molecular formula is C16H18N2O3. The summed E-state index contributed by atoms with van der Waals surface area (Å²) in [4.78, 5) is 14.0. The van der Waals surface area contributed by atoms with E-state index in [2.05, 4.69) is 0 Å². The van der Waals surface area contributed by atoms with Gasteiger partial charge in [-0.15, -0.1) is 0 Å². The number of carbonyl (C=O) groups excluding carboxylic acids is 1. The van der Waals surface area contributed by atoms with Crippen molar-refractivity contribution in [3.8, 4) is 11.5 Å². The molecule has 21 heavy (non-hydrogen) atoms. The Kier molecular flexibility index (Phi) is 4.33. The first kappa shape index (κ1) is 14.7. The number of carbonyl (C=O) groups is 1. The summed E-state index contributed by atoms with van der Waals surface area (Å²) in [6.45, 7) is 0.380. The Morgan fingerprint density at radius 2 is 2.05 bits per heavy atom. The smallest absolute Gasteiger partial charge is 0.257 e. The Morgan fingerprint density at radius 3 is 2.71 bits per heavy atom. The van der Waals surface area contributed by atoms with Crippen LogP contribution in [0, 0.1) is 0 Å². The predicted molar refractivity (Wildman–Crippen MR) is 81.3 cm³/mol. The van der Waals surface area contributed by atoms with E-state index in [4.69, 9.17) is 10.5 Å². The molecule has 1 amide bonds. The number of methoxy groups -OCH3 is 1. The van der Waals surface area contributed by atoms with Crippen LogP contribution < -0.4 is 10.5 Å². The summed E-state index contributed by atoms with van der Waals surface area (Å²) in [5.41, 5.74) is 7.50. The molecule has 5 nitrogen and oxygen atoms in total. The van der Waals surface area contributed by atoms with Crippen LogP contribution in [0.4, 0.5) is 5.69 Å². The minimum Gasteiger partial charge on any atom is -0.508 e. The topological polar surface area (TPSA) is 75.8 Å². The monoisotopic (exact) mass is 286 g/mol. The Labute approximate surface area is 123 Å². The summed E-state index contributed by atoms with van der Waals surface area (Å²) in [5.74, 6) is 0.467. The lowest BCUT2D eigenvalue weighted by Gasteiger charge is -2.19. The third kappa shape index (κ3) is 3.45. The molecule has 0 saturated carbocycles. The number of nitrogen functional groups attached to an aromatic ring is 1. The first-order valence-corrected chi connectivity index (χ1v) is 6.48. The summed E-state index contributed by atoms with van der Waals surface area (Å²) in [5, 5.41) is 9.46. The summed E-state index contributed by atoms with van der Waals surface area (Å²) >= 11 is 0. The van der Waals surface area contributed by atoms with Crippen LogP contribution in [0.25, 0.3) is 0 Å². The third-order valence-corrected chi connectivity index (χ3v) is 3.13. The molecule has 2 rings (SSSR count). The first-order chi connectivity index (χ1) is 10.0. The van der Waals surface area contributed by atoms with Crippen LogP contribution in [0.15, 0.2) is 42.5 Å². The number of ether oxygens (including phenoxy) is 1. The van der Waals surface area contributed by atoms with Gasteiger partial charge in [-0.2, -0.15) is 0 Å². The molecule has 0 spiro atoms. The van der Waals surface area contributed by atoms with Crippen molar-refractivity contribution in [2.75, 3.05) is 19.9 Å². The molecule has 0 saturated heterocycles. The normalized spacial score (nSPS) is 10.2. The summed E-state index contributed by atoms with van der Waals surface area (Å²) in [6.07, 6.45) is 0. The van der Waals surface area contributed by atoms with Gasteiger partial charge < -0.3 is 20.5 Å². The Morgan fingerprint density at radius 1 is 1.29 bits per heavy atom. The zero-order valence-corrected chi connectivity index (χ0v) is 12.0. The van der Waals surface area contributed by atoms with Crippen molar-refractivity contribution in [3.63, 3.8) is 0 Å². The molecule has 0 aliphatic carbocycles. The van der Waals surface area contributed by atoms with Gasteiger partial charge in [0.15, 0.2) is 0 Å². The van der Waals surface area contributed by atoms with Crippen LogP contribution in [0.5, 0.6) is 11.5 Å². The number of hydrogen-bond acceptors (Lipinski definition) is 4. The van der Waals surface area contributed by atoms with Crippen LogP contribution in [0.3, 0.4) is 0 Å². The fourth-order valence-electron chi connectivity index (χ4n) is 2.10. The predicted octanol–water partition coefficient (Wildman–Crippen LogP) is 2.26. The van der Waals surface area contributed by atoms with Crippen molar-refractivity contribution >= 4 is 11.6 Å². The standard InChI is InChI=1S/C16H18N2O3/c1-18(10-11-4-3-5-13(19)8-11)16(20)14-9-12(17)6-7-15(14)21-2/h3-9,19H,10,17H2,1-2H3. The first-order valence-electron chi connectivity index (χ1n) is 6.48. The number of nitrogens with two attached hydrogens (primary N) is 1. The highest BCUT2D eigenvalue weighted by Crippen LogP contribution is 2.23. The van der Waals surface area contributed by atoms with Gasteiger partial charge in [0, 0.05) is 19.3 Å². The zero-order chi connectivity index (χ0) is 15.4. The molecule has 3 N–H and O–H groups in total. The van der Waals surface area contributed by atoms with Crippen molar-refractivity contribution in [2.45, 2.75) is 6.54 Å². The van der Waals surface area contributed by atoms with Crippen molar-refractivity contribution in [1.29, 1.82) is 0 Å². The Hall–Kier alpha value is -2.69. The van der Waals surface area contributed by atoms with E-state index in [0.29, 0.717) is 23.5 Å². The molecule has 0 atom stereocenters. The fraction of sp³-hybridized carbons (Fsp3) is 0.188. The van der Waals surface area contributed by atoms with Gasteiger partial charge in [0.25, 0.3) is 5.91 Å². The minimum atomic E-state index is -0.192. The van der Waals surface area contributed by atoms with Gasteiger partial charge in [-0.1, -0.05) is 12.1 Å². The highest BCUT2D eigenvalue weighted by Gasteiger charge is 2.17. The number of aromatic hydroxyl groups is 1. The molecular weight excluding hydrogens is 268 g/mol. The van der Waals surface area contributed by atoms with Gasteiger partial charge in [-0.25, -0.2) is 0 Å². The van der Waals surface area contributed by atoms with Gasteiger partial charge >= 0.3 is 0 Å². The largest absolute Gasteiger partial charge is 0.508 e. The second-order valence-electron chi connectivity index (χ2n) is 4.79. The number of phenolic OH excluding ortho intramolecular Hbond substituents is 1. The van der Waals surface area contributed by atoms with Gasteiger partial charge in [0.05, 0.1) is 12.7 Å².